The maximum atomic E-state index is 12.5. The van der Waals surface area contributed by atoms with Crippen molar-refractivity contribution >= 4 is 28.9 Å². The molecular weight excluding hydrogens is 334 g/mol. The maximum Gasteiger partial charge on any atom is 0.253 e. The van der Waals surface area contributed by atoms with E-state index in [-0.39, 0.29) is 5.91 Å². The highest BCUT2D eigenvalue weighted by Gasteiger charge is 2.23. The Morgan fingerprint density at radius 1 is 0.960 bits per heavy atom. The molecule has 0 bridgehead atoms. The number of piperazine rings is 1. The van der Waals surface area contributed by atoms with Crippen LogP contribution in [0.15, 0.2) is 54.6 Å². The number of carbonyl (C=O) groups excluding carboxylic acids is 1. The predicted octanol–water partition coefficient (Wildman–Crippen LogP) is 2.85. The number of ether oxygens (including phenoxy) is 1. The summed E-state index contributed by atoms with van der Waals surface area (Å²) in [4.78, 5) is 16.4. The number of thiocarbonyl (C=S) groups is 1. The van der Waals surface area contributed by atoms with E-state index in [0.29, 0.717) is 18.2 Å². The van der Waals surface area contributed by atoms with E-state index in [0.717, 1.165) is 30.1 Å². The van der Waals surface area contributed by atoms with Gasteiger partial charge < -0.3 is 19.9 Å². The van der Waals surface area contributed by atoms with Crippen molar-refractivity contribution in [3.05, 3.63) is 60.2 Å². The minimum absolute atomic E-state index is 0.0780. The van der Waals surface area contributed by atoms with Gasteiger partial charge in [0.1, 0.15) is 5.75 Å². The molecule has 3 rings (SSSR count). The molecule has 0 atom stereocenters. The Bertz CT molecular complexity index is 726. The van der Waals surface area contributed by atoms with Crippen molar-refractivity contribution in [3.63, 3.8) is 0 Å². The topological polar surface area (TPSA) is 44.8 Å². The lowest BCUT2D eigenvalue weighted by molar-refractivity contribution is 0.0693. The fourth-order valence-corrected chi connectivity index (χ4v) is 3.05. The van der Waals surface area contributed by atoms with Crippen LogP contribution in [-0.2, 0) is 0 Å². The molecule has 0 aromatic heterocycles. The Hall–Kier alpha value is -2.60. The molecule has 1 saturated heterocycles. The van der Waals surface area contributed by atoms with Crippen LogP contribution >= 0.6 is 12.2 Å². The van der Waals surface area contributed by atoms with Crippen LogP contribution < -0.4 is 10.1 Å². The second-order valence-corrected chi connectivity index (χ2v) is 6.19. The lowest BCUT2D eigenvalue weighted by atomic mass is 10.2. The van der Waals surface area contributed by atoms with Gasteiger partial charge in [-0.2, -0.15) is 0 Å². The minimum atomic E-state index is 0.0780. The molecule has 1 aliphatic rings. The highest BCUT2D eigenvalue weighted by atomic mass is 32.1. The molecule has 0 unspecified atom stereocenters. The Kier molecular flexibility index (Phi) is 5.50. The third-order valence-electron chi connectivity index (χ3n) is 4.22. The Labute approximate surface area is 153 Å². The fourth-order valence-electron chi connectivity index (χ4n) is 2.75. The summed E-state index contributed by atoms with van der Waals surface area (Å²) in [7, 11) is 1.64. The van der Waals surface area contributed by atoms with E-state index < -0.39 is 0 Å². The number of amides is 1. The van der Waals surface area contributed by atoms with E-state index in [2.05, 4.69) is 10.2 Å². The fraction of sp³-hybridized carbons (Fsp3) is 0.263. The van der Waals surface area contributed by atoms with Crippen molar-refractivity contribution in [2.75, 3.05) is 38.6 Å². The number of methoxy groups -OCH3 is 1. The first-order valence-electron chi connectivity index (χ1n) is 8.21. The van der Waals surface area contributed by atoms with E-state index in [9.17, 15) is 4.79 Å². The van der Waals surface area contributed by atoms with Gasteiger partial charge in [-0.15, -0.1) is 0 Å². The van der Waals surface area contributed by atoms with Crippen molar-refractivity contribution in [3.8, 4) is 5.75 Å². The van der Waals surface area contributed by atoms with Gasteiger partial charge in [0.25, 0.3) is 5.91 Å². The Balaban J connectivity index is 1.53. The van der Waals surface area contributed by atoms with Gasteiger partial charge in [0.15, 0.2) is 5.11 Å². The molecule has 1 aliphatic heterocycles. The smallest absolute Gasteiger partial charge is 0.253 e. The Morgan fingerprint density at radius 3 is 2.16 bits per heavy atom. The molecule has 1 heterocycles. The summed E-state index contributed by atoms with van der Waals surface area (Å²) in [6.45, 7) is 2.78. The zero-order valence-electron chi connectivity index (χ0n) is 14.1. The highest BCUT2D eigenvalue weighted by Crippen LogP contribution is 2.16. The molecule has 0 saturated carbocycles. The summed E-state index contributed by atoms with van der Waals surface area (Å²) < 4.78 is 5.15. The van der Waals surface area contributed by atoms with Crippen molar-refractivity contribution in [1.82, 2.24) is 9.80 Å². The van der Waals surface area contributed by atoms with Gasteiger partial charge in [0, 0.05) is 37.4 Å². The molecule has 6 heteroatoms. The Morgan fingerprint density at radius 2 is 1.56 bits per heavy atom. The zero-order chi connectivity index (χ0) is 17.6. The van der Waals surface area contributed by atoms with E-state index in [1.165, 1.54) is 0 Å². The van der Waals surface area contributed by atoms with Gasteiger partial charge in [-0.1, -0.05) is 18.2 Å². The average molecular weight is 355 g/mol. The molecule has 1 amide bonds. The van der Waals surface area contributed by atoms with Crippen LogP contribution in [0.4, 0.5) is 5.69 Å². The molecule has 1 fully saturated rings. The molecule has 1 N–H and O–H groups in total. The van der Waals surface area contributed by atoms with Crippen molar-refractivity contribution in [2.24, 2.45) is 0 Å². The second kappa shape index (κ2) is 7.98. The summed E-state index contributed by atoms with van der Waals surface area (Å²) in [6, 6.07) is 17.0. The van der Waals surface area contributed by atoms with E-state index >= 15 is 0 Å². The summed E-state index contributed by atoms with van der Waals surface area (Å²) >= 11 is 5.50. The first-order chi connectivity index (χ1) is 12.2. The van der Waals surface area contributed by atoms with Crippen molar-refractivity contribution < 1.29 is 9.53 Å². The molecule has 5 nitrogen and oxygen atoms in total. The van der Waals surface area contributed by atoms with Crippen LogP contribution in [0.3, 0.4) is 0 Å². The number of hydrogen-bond donors (Lipinski definition) is 1. The standard InChI is InChI=1S/C19H21N3O2S/c1-24-17-9-7-16(8-10-17)20-19(25)22-13-11-21(12-14-22)18(23)15-5-3-2-4-6-15/h2-10H,11-14H2,1H3,(H,20,25). The van der Waals surface area contributed by atoms with Crippen molar-refractivity contribution in [1.29, 1.82) is 0 Å². The van der Waals surface area contributed by atoms with E-state index in [4.69, 9.17) is 17.0 Å². The van der Waals surface area contributed by atoms with Crippen molar-refractivity contribution in [2.45, 2.75) is 0 Å². The summed E-state index contributed by atoms with van der Waals surface area (Å²) in [5.74, 6) is 0.888. The van der Waals surface area contributed by atoms with Crippen LogP contribution in [-0.4, -0.2) is 54.1 Å². The summed E-state index contributed by atoms with van der Waals surface area (Å²) in [6.07, 6.45) is 0. The lowest BCUT2D eigenvalue weighted by Gasteiger charge is -2.36. The van der Waals surface area contributed by atoms with Gasteiger partial charge in [0.2, 0.25) is 0 Å². The molecule has 2 aromatic rings. The first-order valence-corrected chi connectivity index (χ1v) is 8.62. The van der Waals surface area contributed by atoms with Gasteiger partial charge >= 0.3 is 0 Å². The zero-order valence-corrected chi connectivity index (χ0v) is 15.0. The first kappa shape index (κ1) is 17.2. The minimum Gasteiger partial charge on any atom is -0.497 e. The molecule has 130 valence electrons. The SMILES string of the molecule is COc1ccc(NC(=S)N2CCN(C(=O)c3ccccc3)CC2)cc1. The monoisotopic (exact) mass is 355 g/mol. The number of nitrogens with one attached hydrogen (secondary N) is 1. The van der Waals surface area contributed by atoms with Gasteiger partial charge in [0.05, 0.1) is 7.11 Å². The van der Waals surface area contributed by atoms with Crippen LogP contribution in [0.1, 0.15) is 10.4 Å². The van der Waals surface area contributed by atoms with Crippen LogP contribution in [0, 0.1) is 0 Å². The quantitative estimate of drug-likeness (QED) is 0.858. The molecule has 25 heavy (non-hydrogen) atoms. The number of benzene rings is 2. The normalized spacial score (nSPS) is 14.1. The largest absolute Gasteiger partial charge is 0.497 e. The molecule has 2 aromatic carbocycles. The van der Waals surface area contributed by atoms with Crippen LogP contribution in [0.5, 0.6) is 5.75 Å². The molecular formula is C19H21N3O2S. The molecule has 0 radical (unpaired) electrons. The number of carbonyl (C=O) groups is 1. The van der Waals surface area contributed by atoms with Crippen LogP contribution in [0.2, 0.25) is 0 Å². The second-order valence-electron chi connectivity index (χ2n) is 5.80. The maximum absolute atomic E-state index is 12.5. The molecule has 0 aliphatic carbocycles. The average Bonchev–Trinajstić information content (AvgIpc) is 2.69. The lowest BCUT2D eigenvalue weighted by Crippen LogP contribution is -2.51. The van der Waals surface area contributed by atoms with E-state index in [1.54, 1.807) is 7.11 Å². The highest BCUT2D eigenvalue weighted by molar-refractivity contribution is 7.80. The van der Waals surface area contributed by atoms with Gasteiger partial charge in [-0.05, 0) is 48.6 Å². The third-order valence-corrected chi connectivity index (χ3v) is 4.58. The number of anilines is 1. The number of hydrogen-bond acceptors (Lipinski definition) is 3. The number of rotatable bonds is 3. The van der Waals surface area contributed by atoms with Gasteiger partial charge in [-0.3, -0.25) is 4.79 Å². The predicted molar refractivity (Wildman–Crippen MR) is 103 cm³/mol. The molecule has 0 spiro atoms. The van der Waals surface area contributed by atoms with Crippen LogP contribution in [0.25, 0.3) is 0 Å². The summed E-state index contributed by atoms with van der Waals surface area (Å²) in [5, 5.41) is 3.91. The summed E-state index contributed by atoms with van der Waals surface area (Å²) in [5.41, 5.74) is 1.66. The number of nitrogens with zero attached hydrogens (tertiary/aromatic N) is 2. The van der Waals surface area contributed by atoms with Gasteiger partial charge in [-0.25, -0.2) is 0 Å². The van der Waals surface area contributed by atoms with E-state index in [1.807, 2.05) is 59.5 Å². The third kappa shape index (κ3) is 4.28.